The number of nitro benzene ring substituents is 2. The lowest BCUT2D eigenvalue weighted by molar-refractivity contribution is -0.392. The summed E-state index contributed by atoms with van der Waals surface area (Å²) in [7, 11) is 0. The van der Waals surface area contributed by atoms with Crippen molar-refractivity contribution in [1.82, 2.24) is 0 Å². The Bertz CT molecular complexity index is 859. The number of hydrogen-bond acceptors (Lipinski definition) is 5. The van der Waals surface area contributed by atoms with Crippen molar-refractivity contribution < 1.29 is 23.0 Å². The van der Waals surface area contributed by atoms with E-state index in [0.717, 1.165) is 0 Å². The van der Waals surface area contributed by atoms with Crippen molar-refractivity contribution in [3.63, 3.8) is 0 Å². The van der Waals surface area contributed by atoms with Crippen molar-refractivity contribution >= 4 is 50.3 Å². The Morgan fingerprint density at radius 1 is 1.08 bits per heavy atom. The second-order valence-electron chi connectivity index (χ2n) is 4.62. The largest absolute Gasteiger partial charge is 0.418 e. The first-order chi connectivity index (χ1) is 11.5. The summed E-state index contributed by atoms with van der Waals surface area (Å²) in [5.74, 6) is 0. The molecule has 132 valence electrons. The van der Waals surface area contributed by atoms with E-state index in [2.05, 4.69) is 21.2 Å². The smallest absolute Gasteiger partial charge is 0.344 e. The van der Waals surface area contributed by atoms with Crippen LogP contribution in [0.2, 0.25) is 5.02 Å². The molecule has 12 heteroatoms. The van der Waals surface area contributed by atoms with Crippen LogP contribution in [0.1, 0.15) is 5.56 Å². The zero-order valence-electron chi connectivity index (χ0n) is 11.8. The van der Waals surface area contributed by atoms with Gasteiger partial charge in [0.2, 0.25) is 0 Å². The van der Waals surface area contributed by atoms with Crippen molar-refractivity contribution in [3.8, 4) is 0 Å². The molecule has 7 nitrogen and oxygen atoms in total. The molecule has 0 radical (unpaired) electrons. The number of nitrogens with one attached hydrogen (secondary N) is 1. The van der Waals surface area contributed by atoms with Crippen LogP contribution in [0.25, 0.3) is 0 Å². The third-order valence-corrected chi connectivity index (χ3v) is 3.93. The number of halogens is 5. The Hall–Kier alpha value is -2.40. The molecule has 0 spiro atoms. The van der Waals surface area contributed by atoms with Crippen molar-refractivity contribution in [1.29, 1.82) is 0 Å². The molecule has 25 heavy (non-hydrogen) atoms. The van der Waals surface area contributed by atoms with Crippen molar-refractivity contribution in [3.05, 3.63) is 65.6 Å². The number of anilines is 2. The predicted molar refractivity (Wildman–Crippen MR) is 87.2 cm³/mol. The molecular formula is C13H6BrClF3N3O4. The van der Waals surface area contributed by atoms with Gasteiger partial charge in [-0.3, -0.25) is 20.2 Å². The zero-order valence-corrected chi connectivity index (χ0v) is 14.1. The van der Waals surface area contributed by atoms with Crippen LogP contribution in [-0.4, -0.2) is 9.85 Å². The van der Waals surface area contributed by atoms with E-state index in [-0.39, 0.29) is 11.8 Å². The van der Waals surface area contributed by atoms with Crippen LogP contribution in [0.4, 0.5) is 35.9 Å². The molecule has 0 aromatic heterocycles. The van der Waals surface area contributed by atoms with E-state index in [9.17, 15) is 33.4 Å². The number of alkyl halides is 3. The van der Waals surface area contributed by atoms with Crippen LogP contribution in [0.5, 0.6) is 0 Å². The Morgan fingerprint density at radius 3 is 2.08 bits per heavy atom. The molecule has 0 heterocycles. The van der Waals surface area contributed by atoms with Gasteiger partial charge in [-0.1, -0.05) is 27.5 Å². The minimum Gasteiger partial charge on any atom is -0.344 e. The van der Waals surface area contributed by atoms with E-state index in [1.54, 1.807) is 0 Å². The van der Waals surface area contributed by atoms with Gasteiger partial charge in [0.1, 0.15) is 5.02 Å². The third-order valence-electron chi connectivity index (χ3n) is 3.02. The second-order valence-corrected chi connectivity index (χ2v) is 5.92. The quantitative estimate of drug-likeness (QED) is 0.487. The van der Waals surface area contributed by atoms with Gasteiger partial charge in [-0.05, 0) is 24.3 Å². The van der Waals surface area contributed by atoms with Crippen molar-refractivity contribution in [2.24, 2.45) is 0 Å². The average molecular weight is 441 g/mol. The highest BCUT2D eigenvalue weighted by Crippen LogP contribution is 2.48. The first-order valence-electron chi connectivity index (χ1n) is 6.27. The van der Waals surface area contributed by atoms with Crippen LogP contribution in [0, 0.1) is 20.2 Å². The van der Waals surface area contributed by atoms with E-state index in [4.69, 9.17) is 11.6 Å². The molecule has 0 bridgehead atoms. The summed E-state index contributed by atoms with van der Waals surface area (Å²) in [5, 5.41) is 23.5. The molecule has 0 saturated carbocycles. The molecule has 0 aliphatic heterocycles. The highest BCUT2D eigenvalue weighted by atomic mass is 79.9. The molecular weight excluding hydrogens is 435 g/mol. The predicted octanol–water partition coefficient (Wildman–Crippen LogP) is 5.68. The molecule has 0 saturated heterocycles. The standard InChI is InChI=1S/C13H6BrClF3N3O4/c14-6-1-3-7(4-2-6)19-11-9(20(22)23)5-8(13(16,17)18)10(15)12(11)21(24)25/h1-5,19H. The summed E-state index contributed by atoms with van der Waals surface area (Å²) < 4.78 is 39.6. The molecule has 0 atom stereocenters. The summed E-state index contributed by atoms with van der Waals surface area (Å²) in [6.07, 6.45) is -5.09. The van der Waals surface area contributed by atoms with Gasteiger partial charge >= 0.3 is 17.6 Å². The Balaban J connectivity index is 2.76. The lowest BCUT2D eigenvalue weighted by atomic mass is 10.1. The van der Waals surface area contributed by atoms with Crippen LogP contribution >= 0.6 is 27.5 Å². The SMILES string of the molecule is O=[N+]([O-])c1cc(C(F)(F)F)c(Cl)c([N+](=O)[O-])c1Nc1ccc(Br)cc1. The number of benzene rings is 2. The summed E-state index contributed by atoms with van der Waals surface area (Å²) in [6.45, 7) is 0. The summed E-state index contributed by atoms with van der Waals surface area (Å²) in [5.41, 5.74) is -4.56. The van der Waals surface area contributed by atoms with Gasteiger partial charge in [0.25, 0.3) is 0 Å². The van der Waals surface area contributed by atoms with Crippen molar-refractivity contribution in [2.75, 3.05) is 5.32 Å². The van der Waals surface area contributed by atoms with Gasteiger partial charge in [0.15, 0.2) is 5.69 Å². The lowest BCUT2D eigenvalue weighted by Gasteiger charge is -2.13. The van der Waals surface area contributed by atoms with Gasteiger partial charge < -0.3 is 5.32 Å². The minimum absolute atomic E-state index is 0.163. The molecule has 0 amide bonds. The maximum Gasteiger partial charge on any atom is 0.418 e. The molecule has 0 aliphatic rings. The van der Waals surface area contributed by atoms with Gasteiger partial charge in [-0.25, -0.2) is 0 Å². The number of nitrogens with zero attached hydrogens (tertiary/aromatic N) is 2. The first-order valence-corrected chi connectivity index (χ1v) is 7.44. The summed E-state index contributed by atoms with van der Waals surface area (Å²) in [6, 6.07) is 6.07. The molecule has 0 unspecified atom stereocenters. The summed E-state index contributed by atoms with van der Waals surface area (Å²) >= 11 is 8.69. The molecule has 0 fully saturated rings. The average Bonchev–Trinajstić information content (AvgIpc) is 2.47. The maximum absolute atomic E-state index is 13.0. The molecule has 0 aliphatic carbocycles. The van der Waals surface area contributed by atoms with Crippen LogP contribution < -0.4 is 5.32 Å². The fourth-order valence-corrected chi connectivity index (χ4v) is 2.54. The fourth-order valence-electron chi connectivity index (χ4n) is 1.95. The van der Waals surface area contributed by atoms with E-state index >= 15 is 0 Å². The van der Waals surface area contributed by atoms with Gasteiger partial charge in [0.05, 0.1) is 15.4 Å². The third kappa shape index (κ3) is 3.99. The molecule has 1 N–H and O–H groups in total. The Labute approximate surface area is 150 Å². The van der Waals surface area contributed by atoms with Gasteiger partial charge in [0, 0.05) is 16.2 Å². The number of hydrogen-bond donors (Lipinski definition) is 1. The molecule has 2 aromatic rings. The number of rotatable bonds is 4. The van der Waals surface area contributed by atoms with Crippen molar-refractivity contribution in [2.45, 2.75) is 6.18 Å². The highest BCUT2D eigenvalue weighted by Gasteiger charge is 2.42. The van der Waals surface area contributed by atoms with E-state index in [1.165, 1.54) is 24.3 Å². The van der Waals surface area contributed by atoms with Gasteiger partial charge in [-0.15, -0.1) is 0 Å². The normalized spacial score (nSPS) is 11.2. The van der Waals surface area contributed by atoms with Crippen LogP contribution in [-0.2, 0) is 6.18 Å². The Morgan fingerprint density at radius 2 is 1.64 bits per heavy atom. The monoisotopic (exact) mass is 439 g/mol. The first kappa shape index (κ1) is 18.9. The van der Waals surface area contributed by atoms with Crippen LogP contribution in [0.15, 0.2) is 34.8 Å². The minimum atomic E-state index is -5.09. The Kier molecular flexibility index (Phi) is 5.18. The molecule has 2 rings (SSSR count). The molecule has 2 aromatic carbocycles. The maximum atomic E-state index is 13.0. The summed E-state index contributed by atoms with van der Waals surface area (Å²) in [4.78, 5) is 20.0. The fraction of sp³-hybridized carbons (Fsp3) is 0.0769. The van der Waals surface area contributed by atoms with E-state index in [0.29, 0.717) is 4.47 Å². The van der Waals surface area contributed by atoms with E-state index in [1.807, 2.05) is 0 Å². The topological polar surface area (TPSA) is 98.3 Å². The second kappa shape index (κ2) is 6.84. The van der Waals surface area contributed by atoms with Crippen LogP contribution in [0.3, 0.4) is 0 Å². The highest BCUT2D eigenvalue weighted by molar-refractivity contribution is 9.10. The van der Waals surface area contributed by atoms with E-state index < -0.39 is 43.7 Å². The number of nitro groups is 2. The lowest BCUT2D eigenvalue weighted by Crippen LogP contribution is -2.11. The van der Waals surface area contributed by atoms with Gasteiger partial charge in [-0.2, -0.15) is 13.2 Å². The zero-order chi connectivity index (χ0) is 18.9.